The summed E-state index contributed by atoms with van der Waals surface area (Å²) >= 11 is 0. The molecule has 0 aliphatic carbocycles. The number of aromatic nitrogens is 1. The van der Waals surface area contributed by atoms with Gasteiger partial charge in [0, 0.05) is 24.6 Å². The van der Waals surface area contributed by atoms with Crippen molar-refractivity contribution in [3.05, 3.63) is 42.3 Å². The predicted octanol–water partition coefficient (Wildman–Crippen LogP) is 2.51. The van der Waals surface area contributed by atoms with Gasteiger partial charge in [0.2, 0.25) is 5.89 Å². The molecule has 0 radical (unpaired) electrons. The second-order valence-electron chi connectivity index (χ2n) is 6.27. The van der Waals surface area contributed by atoms with Crippen molar-refractivity contribution < 1.29 is 13.9 Å². The van der Waals surface area contributed by atoms with E-state index in [9.17, 15) is 4.79 Å². The van der Waals surface area contributed by atoms with Gasteiger partial charge in [-0.1, -0.05) is 18.2 Å². The molecule has 0 unspecified atom stereocenters. The molecule has 0 bridgehead atoms. The summed E-state index contributed by atoms with van der Waals surface area (Å²) in [6.07, 6.45) is 3.37. The van der Waals surface area contributed by atoms with E-state index in [0.29, 0.717) is 24.7 Å². The third-order valence-corrected chi connectivity index (χ3v) is 4.50. The minimum Gasteiger partial charge on any atom is -0.444 e. The molecule has 3 rings (SSSR count). The average molecular weight is 366 g/mol. The van der Waals surface area contributed by atoms with Gasteiger partial charge in [-0.15, -0.1) is 12.4 Å². The summed E-state index contributed by atoms with van der Waals surface area (Å²) in [4.78, 5) is 16.7. The molecule has 2 heterocycles. The van der Waals surface area contributed by atoms with Crippen LogP contribution in [0.3, 0.4) is 0 Å². The summed E-state index contributed by atoms with van der Waals surface area (Å²) in [5, 5.41) is 6.33. The van der Waals surface area contributed by atoms with Crippen LogP contribution in [-0.2, 0) is 4.74 Å². The molecule has 2 aromatic rings. The molecule has 1 amide bonds. The molecule has 1 fully saturated rings. The van der Waals surface area contributed by atoms with Crippen molar-refractivity contribution in [2.75, 3.05) is 33.4 Å². The summed E-state index contributed by atoms with van der Waals surface area (Å²) in [5.74, 6) is 0.240. The SMILES string of the molecule is COCC1(CNC(=O)c2coc(-c3ccccc3)n2)CCNCC1.Cl. The fourth-order valence-electron chi connectivity index (χ4n) is 3.09. The number of amides is 1. The zero-order chi connectivity index (χ0) is 16.8. The van der Waals surface area contributed by atoms with Crippen LogP contribution in [0.1, 0.15) is 23.3 Å². The Balaban J connectivity index is 0.00000225. The van der Waals surface area contributed by atoms with Gasteiger partial charge in [-0.05, 0) is 38.1 Å². The van der Waals surface area contributed by atoms with Gasteiger partial charge in [0.15, 0.2) is 5.69 Å². The van der Waals surface area contributed by atoms with E-state index < -0.39 is 0 Å². The van der Waals surface area contributed by atoms with Crippen LogP contribution in [0.5, 0.6) is 0 Å². The van der Waals surface area contributed by atoms with E-state index in [0.717, 1.165) is 31.5 Å². The maximum atomic E-state index is 12.4. The highest BCUT2D eigenvalue weighted by Crippen LogP contribution is 2.28. The fraction of sp³-hybridized carbons (Fsp3) is 0.444. The third-order valence-electron chi connectivity index (χ3n) is 4.50. The maximum Gasteiger partial charge on any atom is 0.273 e. The number of rotatable bonds is 6. The smallest absolute Gasteiger partial charge is 0.273 e. The Morgan fingerprint density at radius 2 is 2.04 bits per heavy atom. The lowest BCUT2D eigenvalue weighted by Gasteiger charge is -2.37. The normalized spacial score (nSPS) is 16.0. The highest BCUT2D eigenvalue weighted by Gasteiger charge is 2.32. The van der Waals surface area contributed by atoms with Crippen LogP contribution in [-0.4, -0.2) is 44.2 Å². The summed E-state index contributed by atoms with van der Waals surface area (Å²) in [5.41, 5.74) is 1.14. The number of hydrogen-bond donors (Lipinski definition) is 2. The lowest BCUT2D eigenvalue weighted by atomic mass is 9.79. The summed E-state index contributed by atoms with van der Waals surface area (Å²) < 4.78 is 10.8. The Morgan fingerprint density at radius 3 is 2.72 bits per heavy atom. The number of nitrogens with one attached hydrogen (secondary N) is 2. The molecule has 1 aromatic heterocycles. The molecule has 1 aliphatic rings. The van der Waals surface area contributed by atoms with Crippen LogP contribution in [0.15, 0.2) is 41.0 Å². The Hall–Kier alpha value is -1.89. The summed E-state index contributed by atoms with van der Waals surface area (Å²) in [6.45, 7) is 3.11. The molecule has 7 heteroatoms. The molecule has 0 spiro atoms. The van der Waals surface area contributed by atoms with E-state index >= 15 is 0 Å². The topological polar surface area (TPSA) is 76.4 Å². The molecular weight excluding hydrogens is 342 g/mol. The lowest BCUT2D eigenvalue weighted by Crippen LogP contribution is -2.47. The number of piperidine rings is 1. The van der Waals surface area contributed by atoms with Gasteiger partial charge in [0.25, 0.3) is 5.91 Å². The molecule has 1 aromatic carbocycles. The summed E-state index contributed by atoms with van der Waals surface area (Å²) in [6, 6.07) is 9.54. The fourth-order valence-corrected chi connectivity index (χ4v) is 3.09. The molecule has 136 valence electrons. The molecule has 1 aliphatic heterocycles. The van der Waals surface area contributed by atoms with E-state index in [4.69, 9.17) is 9.15 Å². The standard InChI is InChI=1S/C18H23N3O3.ClH/c1-23-13-18(7-9-19-10-8-18)12-20-16(22)15-11-24-17(21-15)14-5-3-2-4-6-14;/h2-6,11,19H,7-10,12-13H2,1H3,(H,20,22);1H. The van der Waals surface area contributed by atoms with Gasteiger partial charge in [-0.25, -0.2) is 4.98 Å². The van der Waals surface area contributed by atoms with Crippen LogP contribution in [0.2, 0.25) is 0 Å². The van der Waals surface area contributed by atoms with Crippen molar-refractivity contribution >= 4 is 18.3 Å². The van der Waals surface area contributed by atoms with Crippen molar-refractivity contribution in [3.8, 4) is 11.5 Å². The molecular formula is C18H24ClN3O3. The Morgan fingerprint density at radius 1 is 1.32 bits per heavy atom. The highest BCUT2D eigenvalue weighted by molar-refractivity contribution is 5.92. The van der Waals surface area contributed by atoms with Crippen molar-refractivity contribution in [1.29, 1.82) is 0 Å². The number of carbonyl (C=O) groups excluding carboxylic acids is 1. The zero-order valence-corrected chi connectivity index (χ0v) is 15.1. The van der Waals surface area contributed by atoms with E-state index in [1.807, 2.05) is 30.3 Å². The number of nitrogens with zero attached hydrogens (tertiary/aromatic N) is 1. The van der Waals surface area contributed by atoms with Crippen molar-refractivity contribution in [2.24, 2.45) is 5.41 Å². The monoisotopic (exact) mass is 365 g/mol. The number of hydrogen-bond acceptors (Lipinski definition) is 5. The molecule has 6 nitrogen and oxygen atoms in total. The second-order valence-corrected chi connectivity index (χ2v) is 6.27. The van der Waals surface area contributed by atoms with E-state index in [1.54, 1.807) is 7.11 Å². The molecule has 2 N–H and O–H groups in total. The van der Waals surface area contributed by atoms with Gasteiger partial charge >= 0.3 is 0 Å². The molecule has 0 saturated carbocycles. The van der Waals surface area contributed by atoms with Crippen LogP contribution in [0, 0.1) is 5.41 Å². The first-order valence-electron chi connectivity index (χ1n) is 8.21. The van der Waals surface area contributed by atoms with Gasteiger partial charge < -0.3 is 19.8 Å². The maximum absolute atomic E-state index is 12.4. The Labute approximate surface area is 153 Å². The molecule has 25 heavy (non-hydrogen) atoms. The average Bonchev–Trinajstić information content (AvgIpc) is 3.12. The number of methoxy groups -OCH3 is 1. The number of oxazole rings is 1. The number of carbonyl (C=O) groups is 1. The summed E-state index contributed by atoms with van der Waals surface area (Å²) in [7, 11) is 1.70. The number of benzene rings is 1. The first-order chi connectivity index (χ1) is 11.7. The van der Waals surface area contributed by atoms with Crippen LogP contribution in [0.4, 0.5) is 0 Å². The van der Waals surface area contributed by atoms with E-state index in [2.05, 4.69) is 15.6 Å². The van der Waals surface area contributed by atoms with Crippen molar-refractivity contribution in [2.45, 2.75) is 12.8 Å². The zero-order valence-electron chi connectivity index (χ0n) is 14.3. The molecule has 0 atom stereocenters. The molecule has 1 saturated heterocycles. The lowest BCUT2D eigenvalue weighted by molar-refractivity contribution is 0.0511. The quantitative estimate of drug-likeness (QED) is 0.822. The predicted molar refractivity (Wildman–Crippen MR) is 97.9 cm³/mol. The second kappa shape index (κ2) is 8.99. The largest absolute Gasteiger partial charge is 0.444 e. The van der Waals surface area contributed by atoms with Crippen LogP contribution < -0.4 is 10.6 Å². The van der Waals surface area contributed by atoms with E-state index in [1.165, 1.54) is 6.26 Å². The third kappa shape index (κ3) is 4.81. The van der Waals surface area contributed by atoms with Gasteiger partial charge in [-0.2, -0.15) is 0 Å². The Kier molecular flexibility index (Phi) is 6.99. The van der Waals surface area contributed by atoms with Crippen LogP contribution in [0.25, 0.3) is 11.5 Å². The minimum atomic E-state index is -0.213. The van der Waals surface area contributed by atoms with Crippen molar-refractivity contribution in [3.63, 3.8) is 0 Å². The first kappa shape index (κ1) is 19.4. The van der Waals surface area contributed by atoms with Crippen LogP contribution >= 0.6 is 12.4 Å². The minimum absolute atomic E-state index is 0. The van der Waals surface area contributed by atoms with E-state index in [-0.39, 0.29) is 23.7 Å². The van der Waals surface area contributed by atoms with Gasteiger partial charge in [0.05, 0.1) is 6.61 Å². The van der Waals surface area contributed by atoms with Crippen molar-refractivity contribution in [1.82, 2.24) is 15.6 Å². The first-order valence-corrected chi connectivity index (χ1v) is 8.21. The highest BCUT2D eigenvalue weighted by atomic mass is 35.5. The van der Waals surface area contributed by atoms with Gasteiger partial charge in [0.1, 0.15) is 6.26 Å². The number of halogens is 1. The Bertz CT molecular complexity index is 664. The van der Waals surface area contributed by atoms with Gasteiger partial charge in [-0.3, -0.25) is 4.79 Å². The number of ether oxygens (including phenoxy) is 1.